The third-order valence-corrected chi connectivity index (χ3v) is 7.18. The summed E-state index contributed by atoms with van der Waals surface area (Å²) in [4.78, 5) is 30.5. The number of hydrogen-bond donors (Lipinski definition) is 3. The van der Waals surface area contributed by atoms with Crippen LogP contribution in [0, 0.1) is 0 Å². The van der Waals surface area contributed by atoms with Gasteiger partial charge in [0.15, 0.2) is 5.13 Å². The number of thiazole rings is 1. The SMILES string of the molecule is Nc1nc2ccc(CC(=O)N[C@@H](Cc3ccccc3)C(=O)NCCc3cc(Cl)ccc3-n3cnnn3)cc2s1. The number of amides is 2. The summed E-state index contributed by atoms with van der Waals surface area (Å²) >= 11 is 7.59. The van der Waals surface area contributed by atoms with Crippen LogP contribution in [0.2, 0.25) is 5.02 Å². The van der Waals surface area contributed by atoms with Crippen molar-refractivity contribution in [2.24, 2.45) is 0 Å². The van der Waals surface area contributed by atoms with E-state index in [0.717, 1.165) is 32.6 Å². The molecule has 1 atom stereocenters. The number of fused-ring (bicyclic) bond motifs is 1. The summed E-state index contributed by atoms with van der Waals surface area (Å²) in [5.41, 5.74) is 10.00. The molecule has 2 aromatic heterocycles. The fourth-order valence-electron chi connectivity index (χ4n) is 4.28. The second kappa shape index (κ2) is 12.0. The van der Waals surface area contributed by atoms with Crippen LogP contribution in [-0.2, 0) is 28.9 Å². The van der Waals surface area contributed by atoms with Gasteiger partial charge in [-0.3, -0.25) is 9.59 Å². The van der Waals surface area contributed by atoms with Crippen LogP contribution in [0.15, 0.2) is 73.1 Å². The lowest BCUT2D eigenvalue weighted by atomic mass is 10.0. The molecule has 39 heavy (non-hydrogen) atoms. The molecule has 198 valence electrons. The quantitative estimate of drug-likeness (QED) is 0.238. The van der Waals surface area contributed by atoms with Crippen molar-refractivity contribution in [3.05, 3.63) is 94.8 Å². The van der Waals surface area contributed by atoms with Gasteiger partial charge in [-0.15, -0.1) is 5.10 Å². The molecule has 0 fully saturated rings. The zero-order valence-corrected chi connectivity index (χ0v) is 22.3. The molecule has 0 bridgehead atoms. The standard InChI is InChI=1S/C27H25ClN8O2S/c28-20-7-9-23(36-16-31-34-35-36)19(15-20)10-11-30-26(38)22(12-17-4-2-1-3-5-17)32-25(37)14-18-6-8-21-24(13-18)39-27(29)33-21/h1-9,13,15-16,22H,10-12,14H2,(H2,29,33)(H,30,38)(H,32,37)/t22-/m0/s1. The molecule has 0 spiro atoms. The first-order valence-electron chi connectivity index (χ1n) is 12.2. The Labute approximate surface area is 233 Å². The van der Waals surface area contributed by atoms with Crippen LogP contribution >= 0.6 is 22.9 Å². The maximum atomic E-state index is 13.3. The van der Waals surface area contributed by atoms with Crippen molar-refractivity contribution in [1.29, 1.82) is 0 Å². The molecule has 0 radical (unpaired) electrons. The first-order valence-corrected chi connectivity index (χ1v) is 13.4. The maximum Gasteiger partial charge on any atom is 0.242 e. The number of benzene rings is 3. The number of nitrogen functional groups attached to an aromatic ring is 1. The average molecular weight is 561 g/mol. The molecule has 0 saturated carbocycles. The van der Waals surface area contributed by atoms with Gasteiger partial charge in [-0.2, -0.15) is 0 Å². The van der Waals surface area contributed by atoms with Crippen molar-refractivity contribution in [2.45, 2.75) is 25.3 Å². The minimum absolute atomic E-state index is 0.129. The number of nitrogens with two attached hydrogens (primary N) is 1. The topological polar surface area (TPSA) is 141 Å². The van der Waals surface area contributed by atoms with Gasteiger partial charge in [0.1, 0.15) is 12.4 Å². The first kappa shape index (κ1) is 26.3. The van der Waals surface area contributed by atoms with E-state index in [9.17, 15) is 9.59 Å². The summed E-state index contributed by atoms with van der Waals surface area (Å²) in [5, 5.41) is 18.3. The molecule has 0 aliphatic heterocycles. The molecule has 0 saturated heterocycles. The number of tetrazole rings is 1. The monoisotopic (exact) mass is 560 g/mol. The van der Waals surface area contributed by atoms with Gasteiger partial charge in [0, 0.05) is 18.0 Å². The van der Waals surface area contributed by atoms with E-state index in [0.29, 0.717) is 29.5 Å². The number of halogens is 1. The van der Waals surface area contributed by atoms with Crippen molar-refractivity contribution >= 4 is 50.1 Å². The fraction of sp³-hybridized carbons (Fsp3) is 0.185. The molecule has 0 aliphatic carbocycles. The zero-order valence-electron chi connectivity index (χ0n) is 20.8. The van der Waals surface area contributed by atoms with E-state index in [2.05, 4.69) is 31.1 Å². The van der Waals surface area contributed by atoms with E-state index < -0.39 is 6.04 Å². The van der Waals surface area contributed by atoms with E-state index in [-0.39, 0.29) is 18.2 Å². The Morgan fingerprint density at radius 2 is 1.90 bits per heavy atom. The molecule has 10 nitrogen and oxygen atoms in total. The Bertz CT molecular complexity index is 1590. The molecule has 3 aromatic carbocycles. The molecule has 2 amide bonds. The van der Waals surface area contributed by atoms with Gasteiger partial charge in [-0.25, -0.2) is 9.67 Å². The average Bonchev–Trinajstić information content (AvgIpc) is 3.58. The zero-order chi connectivity index (χ0) is 27.2. The predicted octanol–water partition coefficient (Wildman–Crippen LogP) is 3.14. The molecule has 12 heteroatoms. The van der Waals surface area contributed by atoms with E-state index in [4.69, 9.17) is 17.3 Å². The molecule has 0 unspecified atom stereocenters. The van der Waals surface area contributed by atoms with Crippen LogP contribution in [0.3, 0.4) is 0 Å². The lowest BCUT2D eigenvalue weighted by Gasteiger charge is -2.19. The highest BCUT2D eigenvalue weighted by atomic mass is 35.5. The van der Waals surface area contributed by atoms with Crippen molar-refractivity contribution in [3.8, 4) is 5.69 Å². The van der Waals surface area contributed by atoms with Crippen molar-refractivity contribution in [2.75, 3.05) is 12.3 Å². The number of nitrogens with one attached hydrogen (secondary N) is 2. The van der Waals surface area contributed by atoms with Gasteiger partial charge in [0.25, 0.3) is 0 Å². The van der Waals surface area contributed by atoms with Gasteiger partial charge >= 0.3 is 0 Å². The Kier molecular flexibility index (Phi) is 8.09. The van der Waals surface area contributed by atoms with Crippen LogP contribution < -0.4 is 16.4 Å². The third kappa shape index (κ3) is 6.75. The Balaban J connectivity index is 1.25. The Morgan fingerprint density at radius 3 is 2.69 bits per heavy atom. The summed E-state index contributed by atoms with van der Waals surface area (Å²) in [6.07, 6.45) is 2.48. The number of anilines is 1. The Hall–Kier alpha value is -4.35. The lowest BCUT2D eigenvalue weighted by molar-refractivity contribution is -0.128. The van der Waals surface area contributed by atoms with Crippen molar-refractivity contribution in [1.82, 2.24) is 35.8 Å². The lowest BCUT2D eigenvalue weighted by Crippen LogP contribution is -2.48. The van der Waals surface area contributed by atoms with Gasteiger partial charge in [-0.1, -0.05) is 59.3 Å². The van der Waals surface area contributed by atoms with Crippen LogP contribution in [0.4, 0.5) is 5.13 Å². The second-order valence-electron chi connectivity index (χ2n) is 8.91. The number of nitrogens with zero attached hydrogens (tertiary/aromatic N) is 5. The van der Waals surface area contributed by atoms with E-state index in [1.54, 1.807) is 10.7 Å². The fourth-order valence-corrected chi connectivity index (χ4v) is 5.27. The van der Waals surface area contributed by atoms with Gasteiger partial charge in [-0.05, 0) is 63.9 Å². The summed E-state index contributed by atoms with van der Waals surface area (Å²) < 4.78 is 2.46. The number of carbonyl (C=O) groups excluding carboxylic acids is 2. The van der Waals surface area contributed by atoms with Crippen LogP contribution in [0.5, 0.6) is 0 Å². The first-order chi connectivity index (χ1) is 18.9. The van der Waals surface area contributed by atoms with E-state index in [1.165, 1.54) is 17.7 Å². The minimum Gasteiger partial charge on any atom is -0.375 e. The molecule has 4 N–H and O–H groups in total. The smallest absolute Gasteiger partial charge is 0.242 e. The van der Waals surface area contributed by atoms with Crippen LogP contribution in [0.1, 0.15) is 16.7 Å². The highest BCUT2D eigenvalue weighted by Gasteiger charge is 2.21. The highest BCUT2D eigenvalue weighted by Crippen LogP contribution is 2.25. The molecule has 0 aliphatic rings. The van der Waals surface area contributed by atoms with Crippen molar-refractivity contribution < 1.29 is 9.59 Å². The second-order valence-corrected chi connectivity index (χ2v) is 10.4. The summed E-state index contributed by atoms with van der Waals surface area (Å²) in [7, 11) is 0. The van der Waals surface area contributed by atoms with E-state index >= 15 is 0 Å². The summed E-state index contributed by atoms with van der Waals surface area (Å²) in [5.74, 6) is -0.525. The largest absolute Gasteiger partial charge is 0.375 e. The number of carbonyl (C=O) groups is 2. The van der Waals surface area contributed by atoms with Crippen LogP contribution in [-0.4, -0.2) is 49.6 Å². The van der Waals surface area contributed by atoms with Gasteiger partial charge < -0.3 is 16.4 Å². The van der Waals surface area contributed by atoms with Crippen LogP contribution in [0.25, 0.3) is 15.9 Å². The molecule has 2 heterocycles. The summed E-state index contributed by atoms with van der Waals surface area (Å²) in [6.45, 7) is 0.332. The Morgan fingerprint density at radius 1 is 1.05 bits per heavy atom. The highest BCUT2D eigenvalue weighted by molar-refractivity contribution is 7.22. The number of rotatable bonds is 10. The normalized spacial score (nSPS) is 11.8. The van der Waals surface area contributed by atoms with Gasteiger partial charge in [0.05, 0.1) is 22.3 Å². The van der Waals surface area contributed by atoms with E-state index in [1.807, 2.05) is 60.7 Å². The molecular formula is C27H25ClN8O2S. The number of aromatic nitrogens is 5. The summed E-state index contributed by atoms with van der Waals surface area (Å²) in [6, 6.07) is 19.8. The molecule has 5 aromatic rings. The maximum absolute atomic E-state index is 13.3. The van der Waals surface area contributed by atoms with Gasteiger partial charge in [0.2, 0.25) is 11.8 Å². The number of hydrogen-bond acceptors (Lipinski definition) is 8. The molecule has 5 rings (SSSR count). The molecular weight excluding hydrogens is 536 g/mol. The predicted molar refractivity (Wildman–Crippen MR) is 151 cm³/mol. The van der Waals surface area contributed by atoms with Crippen molar-refractivity contribution in [3.63, 3.8) is 0 Å². The minimum atomic E-state index is -0.749. The third-order valence-electron chi connectivity index (χ3n) is 6.10.